The molecule has 1 amide bonds. The average Bonchev–Trinajstić information content (AvgIpc) is 2.65. The highest BCUT2D eigenvalue weighted by Crippen LogP contribution is 2.25. The number of methoxy groups -OCH3 is 1. The van der Waals surface area contributed by atoms with E-state index in [2.05, 4.69) is 9.97 Å². The number of amides is 1. The summed E-state index contributed by atoms with van der Waals surface area (Å²) in [6, 6.07) is 7.76. The predicted octanol–water partition coefficient (Wildman–Crippen LogP) is 2.13. The van der Waals surface area contributed by atoms with E-state index in [1.807, 2.05) is 29.2 Å². The first-order chi connectivity index (χ1) is 11.7. The van der Waals surface area contributed by atoms with Crippen LogP contribution in [0.1, 0.15) is 12.8 Å². The second kappa shape index (κ2) is 7.61. The fourth-order valence-corrected chi connectivity index (χ4v) is 3.74. The van der Waals surface area contributed by atoms with Crippen molar-refractivity contribution in [3.05, 3.63) is 30.6 Å². The summed E-state index contributed by atoms with van der Waals surface area (Å²) in [6.07, 6.45) is 2.86. The van der Waals surface area contributed by atoms with E-state index in [9.17, 15) is 9.59 Å². The van der Waals surface area contributed by atoms with E-state index in [0.29, 0.717) is 31.7 Å². The van der Waals surface area contributed by atoms with E-state index in [0.717, 1.165) is 15.9 Å². The minimum atomic E-state index is -0.177. The number of para-hydroxylation sites is 1. The van der Waals surface area contributed by atoms with Gasteiger partial charge in [0.05, 0.1) is 24.3 Å². The maximum Gasteiger partial charge on any atom is 0.308 e. The molecule has 0 N–H and O–H groups in total. The summed E-state index contributed by atoms with van der Waals surface area (Å²) in [5, 5.41) is 1.78. The molecule has 0 spiro atoms. The first-order valence-electron chi connectivity index (χ1n) is 7.87. The van der Waals surface area contributed by atoms with Crippen molar-refractivity contribution in [3.63, 3.8) is 0 Å². The molecule has 0 saturated carbocycles. The lowest BCUT2D eigenvalue weighted by Crippen LogP contribution is -2.41. The average molecular weight is 345 g/mol. The maximum atomic E-state index is 12.4. The van der Waals surface area contributed by atoms with Crippen LogP contribution in [-0.2, 0) is 14.3 Å². The first kappa shape index (κ1) is 16.7. The number of esters is 1. The Hall–Kier alpha value is -2.15. The van der Waals surface area contributed by atoms with Gasteiger partial charge in [-0.3, -0.25) is 9.59 Å². The van der Waals surface area contributed by atoms with Crippen LogP contribution in [0.3, 0.4) is 0 Å². The summed E-state index contributed by atoms with van der Waals surface area (Å²) in [5.74, 6) is 0.150. The molecule has 6 nitrogen and oxygen atoms in total. The van der Waals surface area contributed by atoms with E-state index in [-0.39, 0.29) is 17.8 Å². The van der Waals surface area contributed by atoms with Gasteiger partial charge in [-0.05, 0) is 18.9 Å². The lowest BCUT2D eigenvalue weighted by atomic mass is 9.97. The van der Waals surface area contributed by atoms with E-state index < -0.39 is 0 Å². The van der Waals surface area contributed by atoms with Gasteiger partial charge in [-0.25, -0.2) is 9.97 Å². The molecule has 0 atom stereocenters. The normalized spacial score (nSPS) is 15.5. The summed E-state index contributed by atoms with van der Waals surface area (Å²) < 4.78 is 4.77. The summed E-state index contributed by atoms with van der Waals surface area (Å²) in [4.78, 5) is 34.3. The topological polar surface area (TPSA) is 72.4 Å². The molecule has 1 aliphatic heterocycles. The van der Waals surface area contributed by atoms with Gasteiger partial charge in [0.25, 0.3) is 0 Å². The van der Waals surface area contributed by atoms with Crippen LogP contribution < -0.4 is 0 Å². The number of benzene rings is 1. The maximum absolute atomic E-state index is 12.4. The van der Waals surface area contributed by atoms with Gasteiger partial charge in [0.1, 0.15) is 11.4 Å². The number of carbonyl (C=O) groups is 2. The Kier molecular flexibility index (Phi) is 5.30. The number of likely N-dealkylation sites (tertiary alicyclic amines) is 1. The van der Waals surface area contributed by atoms with Crippen LogP contribution in [0.4, 0.5) is 0 Å². The largest absolute Gasteiger partial charge is 0.469 e. The number of rotatable bonds is 4. The van der Waals surface area contributed by atoms with Crippen LogP contribution in [0.5, 0.6) is 0 Å². The third-order valence-corrected chi connectivity index (χ3v) is 5.21. The number of hydrogen-bond acceptors (Lipinski definition) is 6. The van der Waals surface area contributed by atoms with Crippen LogP contribution in [0.2, 0.25) is 0 Å². The standard InChI is InChI=1S/C17H19N3O3S/c1-23-17(22)12-6-8-20(9-7-12)15(21)10-24-16-13-4-2-3-5-14(13)18-11-19-16/h2-5,11-12H,6-10H2,1H3. The minimum absolute atomic E-state index is 0.0750. The Morgan fingerprint density at radius 3 is 2.75 bits per heavy atom. The molecule has 3 rings (SSSR count). The molecule has 2 aromatic rings. The molecule has 1 aromatic carbocycles. The van der Waals surface area contributed by atoms with Gasteiger partial charge in [-0.1, -0.05) is 30.0 Å². The number of aromatic nitrogens is 2. The Balaban J connectivity index is 1.57. The van der Waals surface area contributed by atoms with Gasteiger partial charge in [-0.15, -0.1) is 0 Å². The van der Waals surface area contributed by atoms with Crippen LogP contribution in [0.25, 0.3) is 10.9 Å². The highest BCUT2D eigenvalue weighted by Gasteiger charge is 2.27. The number of thioether (sulfide) groups is 1. The fourth-order valence-electron chi connectivity index (χ4n) is 2.85. The van der Waals surface area contributed by atoms with E-state index in [4.69, 9.17) is 4.74 Å². The monoisotopic (exact) mass is 345 g/mol. The third kappa shape index (κ3) is 3.67. The summed E-state index contributed by atoms with van der Waals surface area (Å²) in [6.45, 7) is 1.20. The van der Waals surface area contributed by atoms with Crippen molar-refractivity contribution in [1.29, 1.82) is 0 Å². The van der Waals surface area contributed by atoms with Crippen molar-refractivity contribution < 1.29 is 14.3 Å². The molecule has 2 heterocycles. The Labute approximate surface area is 144 Å². The zero-order valence-corrected chi connectivity index (χ0v) is 14.3. The van der Waals surface area contributed by atoms with Gasteiger partial charge >= 0.3 is 5.97 Å². The predicted molar refractivity (Wildman–Crippen MR) is 91.6 cm³/mol. The Morgan fingerprint density at radius 2 is 2.00 bits per heavy atom. The molecule has 0 unspecified atom stereocenters. The Morgan fingerprint density at radius 1 is 1.25 bits per heavy atom. The van der Waals surface area contributed by atoms with Gasteiger partial charge in [0, 0.05) is 18.5 Å². The van der Waals surface area contributed by atoms with Crippen molar-refractivity contribution in [2.24, 2.45) is 5.92 Å². The Bertz CT molecular complexity index is 739. The molecule has 1 saturated heterocycles. The molecule has 1 aliphatic rings. The number of carbonyl (C=O) groups excluding carboxylic acids is 2. The van der Waals surface area contributed by atoms with Crippen molar-refractivity contribution in [2.75, 3.05) is 26.0 Å². The highest BCUT2D eigenvalue weighted by molar-refractivity contribution is 8.00. The van der Waals surface area contributed by atoms with Crippen LogP contribution in [0.15, 0.2) is 35.6 Å². The third-order valence-electron chi connectivity index (χ3n) is 4.22. The molecular formula is C17H19N3O3S. The molecule has 0 bridgehead atoms. The van der Waals surface area contributed by atoms with E-state index in [1.54, 1.807) is 0 Å². The fraction of sp³-hybridized carbons (Fsp3) is 0.412. The minimum Gasteiger partial charge on any atom is -0.469 e. The summed E-state index contributed by atoms with van der Waals surface area (Å²) in [5.41, 5.74) is 0.876. The second-order valence-electron chi connectivity index (χ2n) is 5.66. The highest BCUT2D eigenvalue weighted by atomic mass is 32.2. The molecule has 1 fully saturated rings. The number of ether oxygens (including phenoxy) is 1. The zero-order chi connectivity index (χ0) is 16.9. The van der Waals surface area contributed by atoms with Gasteiger partial charge in [-0.2, -0.15) is 0 Å². The molecule has 7 heteroatoms. The van der Waals surface area contributed by atoms with Crippen molar-refractivity contribution in [2.45, 2.75) is 17.9 Å². The van der Waals surface area contributed by atoms with Crippen molar-refractivity contribution >= 4 is 34.5 Å². The van der Waals surface area contributed by atoms with Gasteiger partial charge in [0.2, 0.25) is 5.91 Å². The smallest absolute Gasteiger partial charge is 0.308 e. The summed E-state index contributed by atoms with van der Waals surface area (Å²) in [7, 11) is 1.41. The number of piperidine rings is 1. The van der Waals surface area contributed by atoms with E-state index in [1.165, 1.54) is 25.2 Å². The molecular weight excluding hydrogens is 326 g/mol. The molecule has 126 valence electrons. The molecule has 0 aliphatic carbocycles. The molecule has 1 aromatic heterocycles. The van der Waals surface area contributed by atoms with Gasteiger partial charge < -0.3 is 9.64 Å². The van der Waals surface area contributed by atoms with Crippen LogP contribution >= 0.6 is 11.8 Å². The van der Waals surface area contributed by atoms with Crippen molar-refractivity contribution in [1.82, 2.24) is 14.9 Å². The number of hydrogen-bond donors (Lipinski definition) is 0. The van der Waals surface area contributed by atoms with E-state index >= 15 is 0 Å². The lowest BCUT2D eigenvalue weighted by Gasteiger charge is -2.30. The first-order valence-corrected chi connectivity index (χ1v) is 8.85. The number of fused-ring (bicyclic) bond motifs is 1. The second-order valence-corrected chi connectivity index (χ2v) is 6.63. The summed E-state index contributed by atoms with van der Waals surface area (Å²) >= 11 is 1.43. The quantitative estimate of drug-likeness (QED) is 0.480. The van der Waals surface area contributed by atoms with Gasteiger partial charge in [0.15, 0.2) is 0 Å². The van der Waals surface area contributed by atoms with Crippen molar-refractivity contribution in [3.8, 4) is 0 Å². The van der Waals surface area contributed by atoms with Crippen LogP contribution in [0, 0.1) is 5.92 Å². The molecule has 0 radical (unpaired) electrons. The van der Waals surface area contributed by atoms with Crippen LogP contribution in [-0.4, -0.2) is 52.7 Å². The molecule has 24 heavy (non-hydrogen) atoms. The zero-order valence-electron chi connectivity index (χ0n) is 13.5. The SMILES string of the molecule is COC(=O)C1CCN(C(=O)CSc2ncnc3ccccc23)CC1. The lowest BCUT2D eigenvalue weighted by molar-refractivity contribution is -0.148. The number of nitrogens with zero attached hydrogens (tertiary/aromatic N) is 3.